The van der Waals surface area contributed by atoms with Gasteiger partial charge in [-0.3, -0.25) is 0 Å². The average Bonchev–Trinajstić information content (AvgIpc) is 2.63. The van der Waals surface area contributed by atoms with Crippen LogP contribution in [0.15, 0.2) is 30.8 Å². The standard InChI is InChI=1S/C21H25FO4.C2H6/c1-6-18-19(22)9-8-15-11-17(12-16(20(15)18)10-13(3)4)25-14(5)26-21(23)24-7-2;1-2/h6,8-9,11-14H,1,7,10H2,2-5H3;1-2H3/t14-;/m0./s1. The van der Waals surface area contributed by atoms with Crippen LogP contribution in [0.3, 0.4) is 0 Å². The fourth-order valence-corrected chi connectivity index (χ4v) is 2.90. The summed E-state index contributed by atoms with van der Waals surface area (Å²) in [5, 5.41) is 1.68. The number of rotatable bonds is 7. The highest BCUT2D eigenvalue weighted by Crippen LogP contribution is 2.32. The Balaban J connectivity index is 0.00000190. The van der Waals surface area contributed by atoms with Crippen LogP contribution in [0.2, 0.25) is 0 Å². The number of benzene rings is 2. The van der Waals surface area contributed by atoms with Crippen LogP contribution in [-0.4, -0.2) is 19.1 Å². The largest absolute Gasteiger partial charge is 0.511 e. The van der Waals surface area contributed by atoms with Crippen molar-refractivity contribution in [2.75, 3.05) is 6.61 Å². The molecule has 0 unspecified atom stereocenters. The minimum absolute atomic E-state index is 0.232. The Morgan fingerprint density at radius 2 is 1.89 bits per heavy atom. The first-order valence-corrected chi connectivity index (χ1v) is 9.73. The van der Waals surface area contributed by atoms with Crippen molar-refractivity contribution >= 4 is 23.0 Å². The number of carbonyl (C=O) groups is 1. The van der Waals surface area contributed by atoms with Gasteiger partial charge in [-0.05, 0) is 53.8 Å². The molecule has 2 aromatic carbocycles. The molecule has 0 saturated carbocycles. The highest BCUT2D eigenvalue weighted by Gasteiger charge is 2.16. The van der Waals surface area contributed by atoms with Crippen molar-refractivity contribution in [2.24, 2.45) is 5.92 Å². The molecule has 4 nitrogen and oxygen atoms in total. The molecular weight excluding hydrogens is 359 g/mol. The van der Waals surface area contributed by atoms with Gasteiger partial charge >= 0.3 is 6.16 Å². The minimum Gasteiger partial charge on any atom is -0.455 e. The third-order valence-corrected chi connectivity index (χ3v) is 3.82. The van der Waals surface area contributed by atoms with Gasteiger partial charge in [0.1, 0.15) is 11.6 Å². The van der Waals surface area contributed by atoms with Gasteiger partial charge in [0.25, 0.3) is 0 Å². The zero-order valence-electron chi connectivity index (χ0n) is 17.7. The van der Waals surface area contributed by atoms with Crippen LogP contribution < -0.4 is 4.74 Å². The summed E-state index contributed by atoms with van der Waals surface area (Å²) in [6.45, 7) is 15.5. The molecule has 0 fully saturated rings. The van der Waals surface area contributed by atoms with Crippen molar-refractivity contribution in [3.8, 4) is 5.75 Å². The number of carbonyl (C=O) groups excluding carboxylic acids is 1. The van der Waals surface area contributed by atoms with Gasteiger partial charge in [-0.2, -0.15) is 0 Å². The predicted octanol–water partition coefficient (Wildman–Crippen LogP) is 6.74. The van der Waals surface area contributed by atoms with Crippen LogP contribution in [-0.2, 0) is 15.9 Å². The van der Waals surface area contributed by atoms with E-state index in [2.05, 4.69) is 20.4 Å². The van der Waals surface area contributed by atoms with Crippen molar-refractivity contribution in [2.45, 2.75) is 54.3 Å². The molecule has 0 spiro atoms. The summed E-state index contributed by atoms with van der Waals surface area (Å²) in [5.74, 6) is 0.624. The third-order valence-electron chi connectivity index (χ3n) is 3.82. The molecule has 0 N–H and O–H groups in total. The van der Waals surface area contributed by atoms with Gasteiger partial charge in [-0.15, -0.1) is 0 Å². The van der Waals surface area contributed by atoms with Crippen LogP contribution >= 0.6 is 0 Å². The fraction of sp³-hybridized carbons (Fsp3) is 0.435. The molecule has 0 aliphatic carbocycles. The topological polar surface area (TPSA) is 44.8 Å². The smallest absolute Gasteiger partial charge is 0.455 e. The summed E-state index contributed by atoms with van der Waals surface area (Å²) in [7, 11) is 0. The molecule has 0 aliphatic heterocycles. The minimum atomic E-state index is -0.808. The fourth-order valence-electron chi connectivity index (χ4n) is 2.90. The maximum atomic E-state index is 14.2. The lowest BCUT2D eigenvalue weighted by Crippen LogP contribution is -2.21. The predicted molar refractivity (Wildman–Crippen MR) is 112 cm³/mol. The normalized spacial score (nSPS) is 11.4. The van der Waals surface area contributed by atoms with E-state index in [-0.39, 0.29) is 12.4 Å². The summed E-state index contributed by atoms with van der Waals surface area (Å²) in [6, 6.07) is 6.79. The van der Waals surface area contributed by atoms with Crippen LogP contribution in [0, 0.1) is 11.7 Å². The van der Waals surface area contributed by atoms with Gasteiger partial charge in [0.2, 0.25) is 6.29 Å². The van der Waals surface area contributed by atoms with Crippen LogP contribution in [0.1, 0.15) is 52.7 Å². The van der Waals surface area contributed by atoms with Gasteiger partial charge in [-0.1, -0.05) is 46.4 Å². The monoisotopic (exact) mass is 390 g/mol. The molecule has 0 bridgehead atoms. The zero-order valence-corrected chi connectivity index (χ0v) is 17.7. The molecule has 5 heteroatoms. The molecule has 0 saturated heterocycles. The quantitative estimate of drug-likeness (QED) is 0.388. The third kappa shape index (κ3) is 6.25. The molecule has 0 amide bonds. The Kier molecular flexibility index (Phi) is 9.49. The zero-order chi connectivity index (χ0) is 21.3. The Bertz CT molecular complexity index is 799. The lowest BCUT2D eigenvalue weighted by Gasteiger charge is -2.18. The molecule has 2 rings (SSSR count). The van der Waals surface area contributed by atoms with Crippen molar-refractivity contribution in [3.63, 3.8) is 0 Å². The first-order valence-electron chi connectivity index (χ1n) is 9.73. The molecular formula is C23H31FO4. The van der Waals surface area contributed by atoms with Gasteiger partial charge in [0.05, 0.1) is 6.61 Å². The van der Waals surface area contributed by atoms with Crippen molar-refractivity contribution in [3.05, 3.63) is 47.8 Å². The van der Waals surface area contributed by atoms with Crippen molar-refractivity contribution in [1.29, 1.82) is 0 Å². The lowest BCUT2D eigenvalue weighted by molar-refractivity contribution is -0.0518. The maximum absolute atomic E-state index is 14.2. The Morgan fingerprint density at radius 3 is 2.46 bits per heavy atom. The number of fused-ring (bicyclic) bond motifs is 1. The van der Waals surface area contributed by atoms with Crippen LogP contribution in [0.4, 0.5) is 9.18 Å². The molecule has 0 heterocycles. The van der Waals surface area contributed by atoms with E-state index in [4.69, 9.17) is 14.2 Å². The second kappa shape index (κ2) is 11.3. The Labute approximate surface area is 167 Å². The van der Waals surface area contributed by atoms with E-state index in [1.165, 1.54) is 12.1 Å². The molecule has 0 aromatic heterocycles. The second-order valence-electron chi connectivity index (χ2n) is 6.43. The van der Waals surface area contributed by atoms with E-state index in [9.17, 15) is 9.18 Å². The van der Waals surface area contributed by atoms with Crippen LogP contribution in [0.25, 0.3) is 16.8 Å². The first kappa shape index (κ1) is 23.5. The molecule has 0 aliphatic rings. The molecule has 2 aromatic rings. The van der Waals surface area contributed by atoms with Crippen molar-refractivity contribution in [1.82, 2.24) is 0 Å². The average molecular weight is 390 g/mol. The van der Waals surface area contributed by atoms with E-state index < -0.39 is 12.4 Å². The van der Waals surface area contributed by atoms with E-state index in [1.54, 1.807) is 26.0 Å². The summed E-state index contributed by atoms with van der Waals surface area (Å²) < 4.78 is 29.7. The molecule has 154 valence electrons. The number of hydrogen-bond acceptors (Lipinski definition) is 4. The molecule has 1 atom stereocenters. The van der Waals surface area contributed by atoms with Gasteiger partial charge < -0.3 is 14.2 Å². The molecule has 28 heavy (non-hydrogen) atoms. The highest BCUT2D eigenvalue weighted by atomic mass is 19.1. The van der Waals surface area contributed by atoms with E-state index >= 15 is 0 Å². The number of halogens is 1. The highest BCUT2D eigenvalue weighted by molar-refractivity contribution is 5.94. The molecule has 0 radical (unpaired) electrons. The first-order chi connectivity index (χ1) is 13.3. The number of ether oxygens (including phenoxy) is 3. The lowest BCUT2D eigenvalue weighted by atomic mass is 9.93. The summed E-state index contributed by atoms with van der Waals surface area (Å²) >= 11 is 0. The maximum Gasteiger partial charge on any atom is 0.511 e. The Morgan fingerprint density at radius 1 is 1.21 bits per heavy atom. The summed E-state index contributed by atoms with van der Waals surface area (Å²) in [5.41, 5.74) is 1.45. The van der Waals surface area contributed by atoms with E-state index in [0.29, 0.717) is 17.2 Å². The SMILES string of the molecule is C=Cc1c(F)ccc2cc(O[C@H](C)OC(=O)OCC)cc(CC(C)C)c12.CC. The van der Waals surface area contributed by atoms with Crippen LogP contribution in [0.5, 0.6) is 5.75 Å². The second-order valence-corrected chi connectivity index (χ2v) is 6.43. The Hall–Kier alpha value is -2.56. The van der Waals surface area contributed by atoms with Gasteiger partial charge in [-0.25, -0.2) is 9.18 Å². The van der Waals surface area contributed by atoms with Gasteiger partial charge in [0, 0.05) is 12.5 Å². The van der Waals surface area contributed by atoms with Crippen molar-refractivity contribution < 1.29 is 23.4 Å². The number of hydrogen-bond donors (Lipinski definition) is 0. The summed E-state index contributed by atoms with van der Waals surface area (Å²) in [4.78, 5) is 11.4. The summed E-state index contributed by atoms with van der Waals surface area (Å²) in [6.07, 6.45) is 0.705. The van der Waals surface area contributed by atoms with Gasteiger partial charge in [0.15, 0.2) is 0 Å². The van der Waals surface area contributed by atoms with E-state index in [1.807, 2.05) is 19.9 Å². The van der Waals surface area contributed by atoms with E-state index in [0.717, 1.165) is 22.8 Å².